The van der Waals surface area contributed by atoms with Gasteiger partial charge in [0.2, 0.25) is 0 Å². The van der Waals surface area contributed by atoms with E-state index in [4.69, 9.17) is 9.72 Å². The summed E-state index contributed by atoms with van der Waals surface area (Å²) < 4.78 is 22.1. The number of halogens is 1. The highest BCUT2D eigenvalue weighted by Crippen LogP contribution is 2.32. The van der Waals surface area contributed by atoms with E-state index in [1.165, 1.54) is 6.07 Å². The van der Waals surface area contributed by atoms with E-state index in [1.54, 1.807) is 12.4 Å². The van der Waals surface area contributed by atoms with Crippen molar-refractivity contribution in [2.75, 3.05) is 19.7 Å². The number of nitrogens with one attached hydrogen (secondary N) is 1. The van der Waals surface area contributed by atoms with Crippen LogP contribution in [-0.4, -0.2) is 55.7 Å². The number of urea groups is 1. The standard InChI is InChI=1S/C25H31FN6O2/c1-25(2,3)29-24(33)31-11-8-16(9-12-31)19-14-27-22(32-15-28-30-23(19)32)7-4-17-18-10-13-34-21(18)6-5-20(17)26/h5-6,14-16H,4,7-13H2,1-3H3,(H,29,33). The molecule has 9 heteroatoms. The lowest BCUT2D eigenvalue weighted by Gasteiger charge is -2.34. The molecule has 1 N–H and O–H groups in total. The minimum Gasteiger partial charge on any atom is -0.493 e. The molecular weight excluding hydrogens is 435 g/mol. The third kappa shape index (κ3) is 4.43. The lowest BCUT2D eigenvalue weighted by molar-refractivity contribution is 0.173. The molecule has 180 valence electrons. The van der Waals surface area contributed by atoms with Crippen LogP contribution in [-0.2, 0) is 19.3 Å². The molecule has 34 heavy (non-hydrogen) atoms. The van der Waals surface area contributed by atoms with Gasteiger partial charge in [0.15, 0.2) is 5.65 Å². The van der Waals surface area contributed by atoms with Crippen LogP contribution in [0.1, 0.15) is 62.0 Å². The van der Waals surface area contributed by atoms with E-state index >= 15 is 0 Å². The van der Waals surface area contributed by atoms with Gasteiger partial charge in [-0.2, -0.15) is 0 Å². The van der Waals surface area contributed by atoms with Crippen LogP contribution in [0.15, 0.2) is 24.7 Å². The summed E-state index contributed by atoms with van der Waals surface area (Å²) in [6.07, 6.45) is 7.13. The van der Waals surface area contributed by atoms with Crippen molar-refractivity contribution >= 4 is 11.7 Å². The van der Waals surface area contributed by atoms with E-state index in [9.17, 15) is 9.18 Å². The SMILES string of the molecule is CC(C)(C)NC(=O)N1CCC(c2cnc(CCc3c(F)ccc4c3CCO4)n3cnnc23)CC1. The Hall–Kier alpha value is -3.23. The summed E-state index contributed by atoms with van der Waals surface area (Å²) in [7, 11) is 0. The fourth-order valence-corrected chi connectivity index (χ4v) is 4.97. The summed E-state index contributed by atoms with van der Waals surface area (Å²) >= 11 is 0. The van der Waals surface area contributed by atoms with Gasteiger partial charge >= 0.3 is 6.03 Å². The number of fused-ring (bicyclic) bond motifs is 2. The number of piperidine rings is 1. The number of hydrogen-bond acceptors (Lipinski definition) is 5. The van der Waals surface area contributed by atoms with Crippen molar-refractivity contribution in [3.05, 3.63) is 53.0 Å². The molecule has 1 fully saturated rings. The second kappa shape index (κ2) is 8.85. The fraction of sp³-hybridized carbons (Fsp3) is 0.520. The summed E-state index contributed by atoms with van der Waals surface area (Å²) in [5, 5.41) is 11.5. The molecule has 2 aromatic heterocycles. The molecule has 0 unspecified atom stereocenters. The maximum atomic E-state index is 14.5. The third-order valence-corrected chi connectivity index (χ3v) is 6.68. The summed E-state index contributed by atoms with van der Waals surface area (Å²) in [4.78, 5) is 19.1. The average Bonchev–Trinajstić information content (AvgIpc) is 3.47. The Morgan fingerprint density at radius 1 is 1.24 bits per heavy atom. The first-order chi connectivity index (χ1) is 16.3. The maximum absolute atomic E-state index is 14.5. The molecular formula is C25H31FN6O2. The van der Waals surface area contributed by atoms with Gasteiger partial charge in [-0.15, -0.1) is 10.2 Å². The number of carbonyl (C=O) groups is 1. The van der Waals surface area contributed by atoms with Gasteiger partial charge in [0, 0.05) is 48.8 Å². The van der Waals surface area contributed by atoms with E-state index in [2.05, 4.69) is 15.5 Å². The second-order valence-corrected chi connectivity index (χ2v) is 10.2. The first-order valence-corrected chi connectivity index (χ1v) is 12.0. The van der Waals surface area contributed by atoms with Crippen LogP contribution in [0, 0.1) is 5.82 Å². The predicted molar refractivity (Wildman–Crippen MR) is 126 cm³/mol. The smallest absolute Gasteiger partial charge is 0.317 e. The van der Waals surface area contributed by atoms with Crippen molar-refractivity contribution in [3.8, 4) is 5.75 Å². The van der Waals surface area contributed by atoms with E-state index < -0.39 is 0 Å². The molecule has 4 heterocycles. The highest BCUT2D eigenvalue weighted by Gasteiger charge is 2.28. The van der Waals surface area contributed by atoms with Crippen molar-refractivity contribution in [1.29, 1.82) is 0 Å². The zero-order valence-corrected chi connectivity index (χ0v) is 20.0. The molecule has 5 rings (SSSR count). The van der Waals surface area contributed by atoms with Crippen molar-refractivity contribution in [2.45, 2.75) is 64.3 Å². The molecule has 3 aromatic rings. The van der Waals surface area contributed by atoms with Crippen LogP contribution < -0.4 is 10.1 Å². The molecule has 0 atom stereocenters. The average molecular weight is 467 g/mol. The number of rotatable bonds is 4. The number of likely N-dealkylation sites (tertiary alicyclic amines) is 1. The number of hydrogen-bond donors (Lipinski definition) is 1. The largest absolute Gasteiger partial charge is 0.493 e. The second-order valence-electron chi connectivity index (χ2n) is 10.2. The third-order valence-electron chi connectivity index (χ3n) is 6.68. The van der Waals surface area contributed by atoms with Gasteiger partial charge in [-0.3, -0.25) is 4.40 Å². The maximum Gasteiger partial charge on any atom is 0.317 e. The number of ether oxygens (including phenoxy) is 1. The molecule has 0 bridgehead atoms. The van der Waals surface area contributed by atoms with Crippen molar-refractivity contribution < 1.29 is 13.9 Å². The Bertz CT molecular complexity index is 1210. The number of nitrogens with zero attached hydrogens (tertiary/aromatic N) is 5. The van der Waals surface area contributed by atoms with Crippen LogP contribution in [0.25, 0.3) is 5.65 Å². The van der Waals surface area contributed by atoms with Gasteiger partial charge in [0.1, 0.15) is 23.7 Å². The Balaban J connectivity index is 1.30. The Morgan fingerprint density at radius 2 is 2.03 bits per heavy atom. The van der Waals surface area contributed by atoms with E-state index in [-0.39, 0.29) is 23.3 Å². The van der Waals surface area contributed by atoms with Gasteiger partial charge in [0.25, 0.3) is 0 Å². The van der Waals surface area contributed by atoms with Crippen molar-refractivity contribution in [3.63, 3.8) is 0 Å². The van der Waals surface area contributed by atoms with E-state index in [1.807, 2.05) is 36.3 Å². The molecule has 0 aliphatic carbocycles. The molecule has 2 aliphatic heterocycles. The summed E-state index contributed by atoms with van der Waals surface area (Å²) in [6.45, 7) is 7.94. The number of aryl methyl sites for hydroxylation is 1. The van der Waals surface area contributed by atoms with Crippen molar-refractivity contribution in [1.82, 2.24) is 29.8 Å². The predicted octanol–water partition coefficient (Wildman–Crippen LogP) is 3.67. The van der Waals surface area contributed by atoms with Gasteiger partial charge in [-0.1, -0.05) is 0 Å². The van der Waals surface area contributed by atoms with Crippen LogP contribution in [0.5, 0.6) is 5.75 Å². The molecule has 0 spiro atoms. The van der Waals surface area contributed by atoms with E-state index in [0.717, 1.165) is 47.6 Å². The molecule has 2 amide bonds. The fourth-order valence-electron chi connectivity index (χ4n) is 4.97. The van der Waals surface area contributed by atoms with Gasteiger partial charge in [-0.05, 0) is 63.6 Å². The zero-order chi connectivity index (χ0) is 23.9. The number of benzene rings is 1. The Morgan fingerprint density at radius 3 is 2.79 bits per heavy atom. The van der Waals surface area contributed by atoms with Gasteiger partial charge in [-0.25, -0.2) is 14.2 Å². The lowest BCUT2D eigenvalue weighted by atomic mass is 9.90. The van der Waals surface area contributed by atoms with Gasteiger partial charge in [0.05, 0.1) is 6.61 Å². The Labute approximate surface area is 198 Å². The van der Waals surface area contributed by atoms with Crippen LogP contribution >= 0.6 is 0 Å². The summed E-state index contributed by atoms with van der Waals surface area (Å²) in [5.41, 5.74) is 3.28. The highest BCUT2D eigenvalue weighted by atomic mass is 19.1. The lowest BCUT2D eigenvalue weighted by Crippen LogP contribution is -2.50. The minimum atomic E-state index is -0.253. The summed E-state index contributed by atoms with van der Waals surface area (Å²) in [6, 6.07) is 3.18. The first kappa shape index (κ1) is 22.6. The zero-order valence-electron chi connectivity index (χ0n) is 20.0. The van der Waals surface area contributed by atoms with Crippen LogP contribution in [0.2, 0.25) is 0 Å². The van der Waals surface area contributed by atoms with Crippen molar-refractivity contribution in [2.24, 2.45) is 0 Å². The summed E-state index contributed by atoms with van der Waals surface area (Å²) in [5.74, 6) is 1.67. The van der Waals surface area contributed by atoms with Gasteiger partial charge < -0.3 is 15.0 Å². The molecule has 1 saturated heterocycles. The monoisotopic (exact) mass is 466 g/mol. The first-order valence-electron chi connectivity index (χ1n) is 12.0. The number of amides is 2. The Kier molecular flexibility index (Phi) is 5.87. The quantitative estimate of drug-likeness (QED) is 0.634. The molecule has 1 aromatic carbocycles. The number of carbonyl (C=O) groups excluding carboxylic acids is 1. The molecule has 0 saturated carbocycles. The van der Waals surface area contributed by atoms with Crippen LogP contribution in [0.3, 0.4) is 0 Å². The molecule has 2 aliphatic rings. The normalized spacial score (nSPS) is 16.5. The molecule has 0 radical (unpaired) electrons. The molecule has 8 nitrogen and oxygen atoms in total. The topological polar surface area (TPSA) is 84.7 Å². The van der Waals surface area contributed by atoms with E-state index in [0.29, 0.717) is 38.1 Å². The van der Waals surface area contributed by atoms with Crippen LogP contribution in [0.4, 0.5) is 9.18 Å². The minimum absolute atomic E-state index is 0.0166. The highest BCUT2D eigenvalue weighted by molar-refractivity contribution is 5.75. The number of aromatic nitrogens is 4.